The third-order valence-electron chi connectivity index (χ3n) is 3.99. The molecule has 3 heteroatoms. The number of carbonyl (C=O) groups is 1. The second-order valence-corrected chi connectivity index (χ2v) is 6.03. The number of aryl methyl sites for hydroxylation is 2. The van der Waals surface area contributed by atoms with Crippen LogP contribution in [0.25, 0.3) is 0 Å². The molecule has 2 aromatic rings. The molecule has 0 atom stereocenters. The number of carbonyl (C=O) groups excluding carboxylic acids is 1. The van der Waals surface area contributed by atoms with Gasteiger partial charge in [-0.15, -0.1) is 0 Å². The largest absolute Gasteiger partial charge is 0.348 e. The number of hydrogen-bond acceptors (Lipinski definition) is 1. The molecule has 1 amide bonds. The molecule has 1 aliphatic carbocycles. The van der Waals surface area contributed by atoms with Crippen molar-refractivity contribution in [3.05, 3.63) is 70.3 Å². The Morgan fingerprint density at radius 1 is 1.00 bits per heavy atom. The molecule has 1 aliphatic rings. The first-order valence-electron chi connectivity index (χ1n) is 7.30. The molecule has 3 rings (SSSR count). The van der Waals surface area contributed by atoms with Gasteiger partial charge >= 0.3 is 0 Å². The molecule has 0 heterocycles. The number of alkyl halides is 1. The first-order valence-corrected chi connectivity index (χ1v) is 8.42. The molecule has 21 heavy (non-hydrogen) atoms. The number of benzene rings is 2. The Labute approximate surface area is 133 Å². The van der Waals surface area contributed by atoms with Crippen LogP contribution in [0.2, 0.25) is 0 Å². The molecule has 0 saturated heterocycles. The van der Waals surface area contributed by atoms with Crippen molar-refractivity contribution in [2.75, 3.05) is 0 Å². The van der Waals surface area contributed by atoms with Crippen LogP contribution in [0.5, 0.6) is 0 Å². The van der Waals surface area contributed by atoms with Crippen LogP contribution in [0, 0.1) is 0 Å². The summed E-state index contributed by atoms with van der Waals surface area (Å²) in [5, 5.41) is 3.85. The molecule has 0 bridgehead atoms. The van der Waals surface area contributed by atoms with Crippen LogP contribution in [0.1, 0.15) is 39.0 Å². The van der Waals surface area contributed by atoms with Crippen LogP contribution in [0.15, 0.2) is 42.5 Å². The molecule has 0 radical (unpaired) electrons. The maximum Gasteiger partial charge on any atom is 0.251 e. The van der Waals surface area contributed by atoms with E-state index in [9.17, 15) is 4.79 Å². The lowest BCUT2D eigenvalue weighted by Crippen LogP contribution is -2.22. The molecule has 0 saturated carbocycles. The van der Waals surface area contributed by atoms with E-state index in [2.05, 4.69) is 51.6 Å². The number of hydrogen-bond donors (Lipinski definition) is 1. The van der Waals surface area contributed by atoms with Gasteiger partial charge in [0.1, 0.15) is 0 Å². The number of nitrogens with one attached hydrogen (secondary N) is 1. The normalized spacial score (nSPS) is 13.0. The minimum atomic E-state index is 0.00858. The standard InChI is InChI=1S/C18H18BrNO/c19-11-13-4-6-14(7-5-13)12-20-18(21)17-9-8-15-2-1-3-16(15)10-17/h4-10H,1-3,11-12H2,(H,20,21). The Bertz CT molecular complexity index is 649. The second kappa shape index (κ2) is 6.44. The van der Waals surface area contributed by atoms with E-state index in [-0.39, 0.29) is 5.91 Å². The number of halogens is 1. The van der Waals surface area contributed by atoms with E-state index >= 15 is 0 Å². The number of rotatable bonds is 4. The fourth-order valence-corrected chi connectivity index (χ4v) is 3.12. The summed E-state index contributed by atoms with van der Waals surface area (Å²) in [4.78, 5) is 12.2. The van der Waals surface area contributed by atoms with Crippen LogP contribution >= 0.6 is 15.9 Å². The lowest BCUT2D eigenvalue weighted by molar-refractivity contribution is 0.0951. The van der Waals surface area contributed by atoms with Crippen LogP contribution in [0.4, 0.5) is 0 Å². The van der Waals surface area contributed by atoms with Crippen molar-refractivity contribution in [3.63, 3.8) is 0 Å². The Kier molecular flexibility index (Phi) is 4.39. The molecule has 0 unspecified atom stereocenters. The van der Waals surface area contributed by atoms with Crippen molar-refractivity contribution in [3.8, 4) is 0 Å². The average Bonchev–Trinajstić information content (AvgIpc) is 3.00. The van der Waals surface area contributed by atoms with E-state index in [1.165, 1.54) is 23.1 Å². The predicted molar refractivity (Wildman–Crippen MR) is 88.7 cm³/mol. The van der Waals surface area contributed by atoms with Crippen LogP contribution in [-0.4, -0.2) is 5.91 Å². The topological polar surface area (TPSA) is 29.1 Å². The zero-order chi connectivity index (χ0) is 14.7. The first kappa shape index (κ1) is 14.3. The van der Waals surface area contributed by atoms with E-state index < -0.39 is 0 Å². The second-order valence-electron chi connectivity index (χ2n) is 5.47. The lowest BCUT2D eigenvalue weighted by Gasteiger charge is -2.08. The maximum absolute atomic E-state index is 12.2. The molecule has 0 aliphatic heterocycles. The van der Waals surface area contributed by atoms with Gasteiger partial charge in [-0.05, 0) is 53.6 Å². The zero-order valence-electron chi connectivity index (χ0n) is 11.9. The number of fused-ring (bicyclic) bond motifs is 1. The average molecular weight is 344 g/mol. The highest BCUT2D eigenvalue weighted by Crippen LogP contribution is 2.22. The van der Waals surface area contributed by atoms with Crippen molar-refractivity contribution in [1.82, 2.24) is 5.32 Å². The third kappa shape index (κ3) is 3.35. The van der Waals surface area contributed by atoms with Gasteiger partial charge in [0.2, 0.25) is 0 Å². The van der Waals surface area contributed by atoms with E-state index in [1.807, 2.05) is 12.1 Å². The fraction of sp³-hybridized carbons (Fsp3) is 0.278. The Morgan fingerprint density at radius 3 is 2.48 bits per heavy atom. The zero-order valence-corrected chi connectivity index (χ0v) is 13.4. The van der Waals surface area contributed by atoms with Crippen molar-refractivity contribution in [2.45, 2.75) is 31.1 Å². The van der Waals surface area contributed by atoms with E-state index in [1.54, 1.807) is 0 Å². The summed E-state index contributed by atoms with van der Waals surface area (Å²) >= 11 is 3.43. The smallest absolute Gasteiger partial charge is 0.251 e. The van der Waals surface area contributed by atoms with E-state index in [0.29, 0.717) is 6.54 Å². The highest BCUT2D eigenvalue weighted by atomic mass is 79.9. The van der Waals surface area contributed by atoms with Crippen molar-refractivity contribution in [1.29, 1.82) is 0 Å². The van der Waals surface area contributed by atoms with Gasteiger partial charge in [0.05, 0.1) is 0 Å². The monoisotopic (exact) mass is 343 g/mol. The number of amides is 1. The van der Waals surface area contributed by atoms with E-state index in [0.717, 1.165) is 29.3 Å². The minimum Gasteiger partial charge on any atom is -0.348 e. The Balaban J connectivity index is 1.63. The van der Waals surface area contributed by atoms with Crippen LogP contribution in [-0.2, 0) is 24.7 Å². The molecule has 2 aromatic carbocycles. The summed E-state index contributed by atoms with van der Waals surface area (Å²) in [6.45, 7) is 0.568. The molecule has 2 nitrogen and oxygen atoms in total. The minimum absolute atomic E-state index is 0.00858. The van der Waals surface area contributed by atoms with Gasteiger partial charge in [-0.25, -0.2) is 0 Å². The van der Waals surface area contributed by atoms with Crippen molar-refractivity contribution >= 4 is 21.8 Å². The van der Waals surface area contributed by atoms with Gasteiger partial charge in [-0.1, -0.05) is 46.3 Å². The van der Waals surface area contributed by atoms with Crippen LogP contribution < -0.4 is 5.32 Å². The molecule has 1 N–H and O–H groups in total. The summed E-state index contributed by atoms with van der Waals surface area (Å²) in [5.41, 5.74) is 5.87. The molecule has 0 aromatic heterocycles. The quantitative estimate of drug-likeness (QED) is 0.835. The van der Waals surface area contributed by atoms with Gasteiger partial charge in [0, 0.05) is 17.4 Å². The van der Waals surface area contributed by atoms with Crippen molar-refractivity contribution in [2.24, 2.45) is 0 Å². The third-order valence-corrected chi connectivity index (χ3v) is 4.64. The SMILES string of the molecule is O=C(NCc1ccc(CBr)cc1)c1ccc2c(c1)CCC2. The summed E-state index contributed by atoms with van der Waals surface area (Å²) < 4.78 is 0. The van der Waals surface area contributed by atoms with E-state index in [4.69, 9.17) is 0 Å². The van der Waals surface area contributed by atoms with Gasteiger partial charge in [-0.3, -0.25) is 4.79 Å². The molecule has 0 spiro atoms. The highest BCUT2D eigenvalue weighted by Gasteiger charge is 2.13. The Morgan fingerprint density at radius 2 is 1.71 bits per heavy atom. The van der Waals surface area contributed by atoms with Crippen molar-refractivity contribution < 1.29 is 4.79 Å². The van der Waals surface area contributed by atoms with Gasteiger partial charge in [-0.2, -0.15) is 0 Å². The summed E-state index contributed by atoms with van der Waals surface area (Å²) in [6, 6.07) is 14.3. The van der Waals surface area contributed by atoms with Gasteiger partial charge in [0.25, 0.3) is 5.91 Å². The van der Waals surface area contributed by atoms with Crippen LogP contribution in [0.3, 0.4) is 0 Å². The molecular formula is C18H18BrNO. The fourth-order valence-electron chi connectivity index (χ4n) is 2.74. The molecular weight excluding hydrogens is 326 g/mol. The predicted octanol–water partition coefficient (Wildman–Crippen LogP) is 4.00. The molecule has 0 fully saturated rings. The summed E-state index contributed by atoms with van der Waals surface area (Å²) in [6.07, 6.45) is 3.46. The lowest BCUT2D eigenvalue weighted by atomic mass is 10.1. The summed E-state index contributed by atoms with van der Waals surface area (Å²) in [7, 11) is 0. The first-order chi connectivity index (χ1) is 10.3. The molecule has 108 valence electrons. The highest BCUT2D eigenvalue weighted by molar-refractivity contribution is 9.08. The van der Waals surface area contributed by atoms with Gasteiger partial charge in [0.15, 0.2) is 0 Å². The Hall–Kier alpha value is -1.61. The maximum atomic E-state index is 12.2. The summed E-state index contributed by atoms with van der Waals surface area (Å²) in [5.74, 6) is 0.00858. The van der Waals surface area contributed by atoms with Gasteiger partial charge < -0.3 is 5.32 Å².